The highest BCUT2D eigenvalue weighted by molar-refractivity contribution is 5.85. The minimum absolute atomic E-state index is 0. The van der Waals surface area contributed by atoms with Gasteiger partial charge in [-0.3, -0.25) is 0 Å². The maximum absolute atomic E-state index is 12.6. The summed E-state index contributed by atoms with van der Waals surface area (Å²) in [4.78, 5) is 2.76. The number of ether oxygens (including phenoxy) is 1. The Hall–Kier alpha value is -1.40. The average Bonchev–Trinajstić information content (AvgIpc) is 2.69. The Morgan fingerprint density at radius 3 is 2.56 bits per heavy atom. The van der Waals surface area contributed by atoms with Crippen LogP contribution in [0.4, 0.5) is 13.2 Å². The number of rotatable bonds is 2. The summed E-state index contributed by atoms with van der Waals surface area (Å²) in [6, 6.07) is 2.86. The Kier molecular flexibility index (Phi) is 4.13. The first-order valence-electron chi connectivity index (χ1n) is 4.91. The van der Waals surface area contributed by atoms with Crippen LogP contribution in [0, 0.1) is 0 Å². The largest absolute Gasteiger partial charge is 0.497 e. The molecule has 0 amide bonds. The second-order valence-electron chi connectivity index (χ2n) is 3.67. The van der Waals surface area contributed by atoms with E-state index in [1.165, 1.54) is 19.4 Å². The monoisotopic (exact) mass is 280 g/mol. The summed E-state index contributed by atoms with van der Waals surface area (Å²) >= 11 is 0. The first-order chi connectivity index (χ1) is 7.93. The van der Waals surface area contributed by atoms with Crippen LogP contribution in [0.25, 0.3) is 10.9 Å². The fourth-order valence-corrected chi connectivity index (χ4v) is 1.68. The van der Waals surface area contributed by atoms with E-state index < -0.39 is 12.2 Å². The van der Waals surface area contributed by atoms with Crippen LogP contribution in [-0.4, -0.2) is 18.3 Å². The van der Waals surface area contributed by atoms with Gasteiger partial charge in [0, 0.05) is 22.7 Å². The molecule has 1 atom stereocenters. The van der Waals surface area contributed by atoms with Crippen molar-refractivity contribution >= 4 is 23.3 Å². The van der Waals surface area contributed by atoms with Gasteiger partial charge in [0.15, 0.2) is 0 Å². The highest BCUT2D eigenvalue weighted by Gasteiger charge is 2.39. The molecule has 0 aliphatic rings. The van der Waals surface area contributed by atoms with Gasteiger partial charge in [0.2, 0.25) is 0 Å². The molecule has 0 aliphatic carbocycles. The van der Waals surface area contributed by atoms with Crippen LogP contribution in [0.2, 0.25) is 0 Å². The van der Waals surface area contributed by atoms with Gasteiger partial charge in [0.25, 0.3) is 0 Å². The number of H-pyrrole nitrogens is 1. The number of aromatic nitrogens is 1. The number of benzene rings is 1. The molecular weight excluding hydrogens is 269 g/mol. The molecule has 0 radical (unpaired) electrons. The molecule has 0 spiro atoms. The minimum Gasteiger partial charge on any atom is -0.497 e. The Bertz CT molecular complexity index is 539. The lowest BCUT2D eigenvalue weighted by Crippen LogP contribution is -2.28. The molecular formula is C11H12ClF3N2O. The molecule has 1 heterocycles. The lowest BCUT2D eigenvalue weighted by molar-refractivity contribution is -0.148. The lowest BCUT2D eigenvalue weighted by atomic mass is 10.1. The first-order valence-corrected chi connectivity index (χ1v) is 4.91. The Labute approximate surface area is 108 Å². The van der Waals surface area contributed by atoms with Crippen molar-refractivity contribution in [1.82, 2.24) is 4.98 Å². The van der Waals surface area contributed by atoms with Crippen molar-refractivity contribution in [2.75, 3.05) is 7.11 Å². The fraction of sp³-hybridized carbons (Fsp3) is 0.273. The number of methoxy groups -OCH3 is 1. The summed E-state index contributed by atoms with van der Waals surface area (Å²) in [7, 11) is 1.46. The molecule has 0 unspecified atom stereocenters. The molecule has 18 heavy (non-hydrogen) atoms. The number of nitrogens with one attached hydrogen (secondary N) is 1. The van der Waals surface area contributed by atoms with E-state index in [1.54, 1.807) is 12.1 Å². The number of alkyl halides is 3. The summed E-state index contributed by atoms with van der Waals surface area (Å²) in [5, 5.41) is 0.425. The van der Waals surface area contributed by atoms with Crippen molar-refractivity contribution in [3.05, 3.63) is 30.0 Å². The number of hydrogen-bond donors (Lipinski definition) is 2. The van der Waals surface area contributed by atoms with E-state index in [0.29, 0.717) is 16.7 Å². The van der Waals surface area contributed by atoms with Crippen LogP contribution >= 0.6 is 12.4 Å². The molecule has 0 aliphatic heterocycles. The predicted molar refractivity (Wildman–Crippen MR) is 65.1 cm³/mol. The SMILES string of the molecule is COc1ccc2[nH]cc([C@H](N)C(F)(F)F)c2c1.Cl. The molecule has 0 saturated heterocycles. The molecule has 1 aromatic heterocycles. The van der Waals surface area contributed by atoms with Gasteiger partial charge in [-0.1, -0.05) is 0 Å². The number of aromatic amines is 1. The van der Waals surface area contributed by atoms with E-state index in [1.807, 2.05) is 0 Å². The molecule has 3 nitrogen and oxygen atoms in total. The van der Waals surface area contributed by atoms with Crippen LogP contribution in [-0.2, 0) is 0 Å². The van der Waals surface area contributed by atoms with E-state index in [-0.39, 0.29) is 18.0 Å². The van der Waals surface area contributed by atoms with E-state index in [4.69, 9.17) is 10.5 Å². The zero-order valence-corrected chi connectivity index (χ0v) is 10.2. The standard InChI is InChI=1S/C11H11F3N2O.ClH/c1-17-6-2-3-9-7(4-6)8(5-16-9)10(15)11(12,13)14;/h2-5,10,16H,15H2,1H3;1H/t10-;/m0./s1. The predicted octanol–water partition coefficient (Wildman–Crippen LogP) is 3.16. The number of halogens is 4. The zero-order chi connectivity index (χ0) is 12.6. The van der Waals surface area contributed by atoms with Gasteiger partial charge in [-0.25, -0.2) is 0 Å². The first kappa shape index (κ1) is 14.7. The quantitative estimate of drug-likeness (QED) is 0.888. The summed E-state index contributed by atoms with van der Waals surface area (Å²) in [5.74, 6) is 0.493. The normalized spacial score (nSPS) is 13.2. The smallest absolute Gasteiger partial charge is 0.407 e. The van der Waals surface area contributed by atoms with Crippen molar-refractivity contribution in [1.29, 1.82) is 0 Å². The van der Waals surface area contributed by atoms with Crippen LogP contribution in [0.3, 0.4) is 0 Å². The number of hydrogen-bond acceptors (Lipinski definition) is 2. The molecule has 1 aromatic carbocycles. The maximum Gasteiger partial charge on any atom is 0.407 e. The molecule has 0 bridgehead atoms. The van der Waals surface area contributed by atoms with Gasteiger partial charge in [-0.05, 0) is 18.2 Å². The van der Waals surface area contributed by atoms with Crippen LogP contribution in [0.15, 0.2) is 24.4 Å². The van der Waals surface area contributed by atoms with E-state index in [0.717, 1.165) is 0 Å². The van der Waals surface area contributed by atoms with Crippen LogP contribution in [0.1, 0.15) is 11.6 Å². The van der Waals surface area contributed by atoms with Crippen molar-refractivity contribution in [2.45, 2.75) is 12.2 Å². The van der Waals surface area contributed by atoms with Gasteiger partial charge in [0.1, 0.15) is 11.8 Å². The summed E-state index contributed by atoms with van der Waals surface area (Å²) in [5.41, 5.74) is 5.81. The molecule has 0 saturated carbocycles. The second kappa shape index (κ2) is 5.07. The number of fused-ring (bicyclic) bond motifs is 1. The second-order valence-corrected chi connectivity index (χ2v) is 3.67. The highest BCUT2D eigenvalue weighted by Crippen LogP contribution is 2.35. The molecule has 2 rings (SSSR count). The van der Waals surface area contributed by atoms with Gasteiger partial charge >= 0.3 is 6.18 Å². The third kappa shape index (κ3) is 2.54. The molecule has 0 fully saturated rings. The molecule has 100 valence electrons. The summed E-state index contributed by atoms with van der Waals surface area (Å²) < 4.78 is 42.6. The van der Waals surface area contributed by atoms with Gasteiger partial charge < -0.3 is 15.5 Å². The Morgan fingerprint density at radius 2 is 2.00 bits per heavy atom. The Morgan fingerprint density at radius 1 is 1.33 bits per heavy atom. The van der Waals surface area contributed by atoms with Crippen molar-refractivity contribution in [3.63, 3.8) is 0 Å². The summed E-state index contributed by atoms with van der Waals surface area (Å²) in [6.07, 6.45) is -3.18. The van der Waals surface area contributed by atoms with Crippen LogP contribution < -0.4 is 10.5 Å². The van der Waals surface area contributed by atoms with Gasteiger partial charge in [0.05, 0.1) is 7.11 Å². The van der Waals surface area contributed by atoms with Crippen LogP contribution in [0.5, 0.6) is 5.75 Å². The molecule has 2 aromatic rings. The highest BCUT2D eigenvalue weighted by atomic mass is 35.5. The van der Waals surface area contributed by atoms with Gasteiger partial charge in [-0.2, -0.15) is 13.2 Å². The molecule has 3 N–H and O–H groups in total. The summed E-state index contributed by atoms with van der Waals surface area (Å²) in [6.45, 7) is 0. The number of nitrogens with two attached hydrogens (primary N) is 1. The van der Waals surface area contributed by atoms with E-state index in [2.05, 4.69) is 4.98 Å². The maximum atomic E-state index is 12.6. The average molecular weight is 281 g/mol. The van der Waals surface area contributed by atoms with Gasteiger partial charge in [-0.15, -0.1) is 12.4 Å². The topological polar surface area (TPSA) is 51.0 Å². The zero-order valence-electron chi connectivity index (χ0n) is 9.41. The lowest BCUT2D eigenvalue weighted by Gasteiger charge is -2.14. The van der Waals surface area contributed by atoms with Crippen molar-refractivity contribution in [3.8, 4) is 5.75 Å². The Balaban J connectivity index is 0.00000162. The van der Waals surface area contributed by atoms with Crippen molar-refractivity contribution in [2.24, 2.45) is 5.73 Å². The fourth-order valence-electron chi connectivity index (χ4n) is 1.68. The van der Waals surface area contributed by atoms with E-state index in [9.17, 15) is 13.2 Å². The van der Waals surface area contributed by atoms with Crippen molar-refractivity contribution < 1.29 is 17.9 Å². The third-order valence-corrected chi connectivity index (χ3v) is 2.61. The van der Waals surface area contributed by atoms with E-state index >= 15 is 0 Å². The molecule has 7 heteroatoms. The minimum atomic E-state index is -4.46. The third-order valence-electron chi connectivity index (χ3n) is 2.61.